The Morgan fingerprint density at radius 1 is 1.04 bits per heavy atom. The van der Waals surface area contributed by atoms with Crippen molar-refractivity contribution in [2.75, 3.05) is 7.11 Å². The minimum atomic E-state index is -1.10. The fourth-order valence-corrected chi connectivity index (χ4v) is 3.73. The molecular formula is C19H20IO4-. The van der Waals surface area contributed by atoms with Crippen molar-refractivity contribution >= 4 is 9.76 Å². The third kappa shape index (κ3) is 4.14. The summed E-state index contributed by atoms with van der Waals surface area (Å²) in [5.74, 6) is 0.388. The Labute approximate surface area is 153 Å². The number of methoxy groups -OCH3 is 1. The van der Waals surface area contributed by atoms with Gasteiger partial charge in [-0.3, -0.25) is 0 Å². The molecule has 24 heavy (non-hydrogen) atoms. The minimum absolute atomic E-state index is 0.0350. The summed E-state index contributed by atoms with van der Waals surface area (Å²) in [6, 6.07) is 14.7. The number of halogens is 1. The molecule has 0 aliphatic carbocycles. The van der Waals surface area contributed by atoms with Gasteiger partial charge in [-0.05, 0) is 0 Å². The fourth-order valence-electron chi connectivity index (χ4n) is 2.19. The van der Waals surface area contributed by atoms with Crippen LogP contribution in [-0.2, 0) is 14.9 Å². The standard InChI is InChI=1S/C19H20IO4/c1-13-12-15(19(2,3)18(22)23-4)10-11-16(13)24-20-17(21)14-8-6-5-7-9-14/h5-12H,1-4H3/q-1. The number of carbonyl (C=O) groups is 2. The molecule has 0 N–H and O–H groups in total. The average molecular weight is 439 g/mol. The van der Waals surface area contributed by atoms with Crippen LogP contribution in [0.25, 0.3) is 0 Å². The molecule has 0 fully saturated rings. The number of carbonyl (C=O) groups excluding carboxylic acids is 2. The van der Waals surface area contributed by atoms with Crippen LogP contribution in [0.5, 0.6) is 5.75 Å². The Hall–Kier alpha value is -1.89. The Bertz CT molecular complexity index is 738. The van der Waals surface area contributed by atoms with Gasteiger partial charge in [-0.1, -0.05) is 0 Å². The van der Waals surface area contributed by atoms with Gasteiger partial charge in [0.05, 0.1) is 0 Å². The van der Waals surface area contributed by atoms with E-state index in [-0.39, 0.29) is 9.76 Å². The van der Waals surface area contributed by atoms with E-state index in [9.17, 15) is 9.59 Å². The van der Waals surface area contributed by atoms with Crippen molar-refractivity contribution in [1.29, 1.82) is 0 Å². The van der Waals surface area contributed by atoms with E-state index in [1.54, 1.807) is 12.1 Å². The van der Waals surface area contributed by atoms with Crippen LogP contribution in [0.1, 0.15) is 35.3 Å². The van der Waals surface area contributed by atoms with Crippen LogP contribution in [-0.4, -0.2) is 16.9 Å². The molecule has 0 atom stereocenters. The summed E-state index contributed by atoms with van der Waals surface area (Å²) in [6.45, 7) is 5.54. The van der Waals surface area contributed by atoms with Crippen molar-refractivity contribution in [2.24, 2.45) is 0 Å². The van der Waals surface area contributed by atoms with Crippen molar-refractivity contribution in [1.82, 2.24) is 0 Å². The summed E-state index contributed by atoms with van der Waals surface area (Å²) in [4.78, 5) is 24.1. The third-order valence-electron chi connectivity index (χ3n) is 3.78. The van der Waals surface area contributed by atoms with Crippen molar-refractivity contribution in [3.05, 3.63) is 65.2 Å². The van der Waals surface area contributed by atoms with Gasteiger partial charge in [0.2, 0.25) is 0 Å². The first-order valence-corrected chi connectivity index (χ1v) is 9.43. The van der Waals surface area contributed by atoms with Crippen LogP contribution in [0.4, 0.5) is 0 Å². The van der Waals surface area contributed by atoms with E-state index in [1.165, 1.54) is 7.11 Å². The topological polar surface area (TPSA) is 52.6 Å². The van der Waals surface area contributed by atoms with E-state index in [4.69, 9.17) is 7.80 Å². The normalized spacial score (nSPS) is 11.2. The molecule has 2 aromatic carbocycles. The summed E-state index contributed by atoms with van der Waals surface area (Å²) in [5.41, 5.74) is 1.69. The van der Waals surface area contributed by atoms with Crippen molar-refractivity contribution in [3.63, 3.8) is 0 Å². The molecule has 0 bridgehead atoms. The average Bonchev–Trinajstić information content (AvgIpc) is 2.60. The van der Waals surface area contributed by atoms with Gasteiger partial charge in [0.15, 0.2) is 0 Å². The zero-order valence-electron chi connectivity index (χ0n) is 14.1. The quantitative estimate of drug-likeness (QED) is 0.377. The molecule has 0 aromatic heterocycles. The number of aryl methyl sites for hydroxylation is 1. The second-order valence-corrected chi connectivity index (χ2v) is 7.75. The van der Waals surface area contributed by atoms with Crippen molar-refractivity contribution in [2.45, 2.75) is 26.2 Å². The zero-order valence-corrected chi connectivity index (χ0v) is 16.3. The molecule has 2 aromatic rings. The number of hydrogen-bond acceptors (Lipinski definition) is 4. The van der Waals surface area contributed by atoms with E-state index >= 15 is 0 Å². The zero-order chi connectivity index (χ0) is 17.7. The van der Waals surface area contributed by atoms with Gasteiger partial charge < -0.3 is 0 Å². The summed E-state index contributed by atoms with van der Waals surface area (Å²) in [6.07, 6.45) is 0. The number of hydrogen-bond donors (Lipinski definition) is 0. The maximum absolute atomic E-state index is 12.1. The maximum atomic E-state index is 12.1. The first kappa shape index (κ1) is 18.4. The van der Waals surface area contributed by atoms with Gasteiger partial charge in [0, 0.05) is 0 Å². The Morgan fingerprint density at radius 3 is 2.29 bits per heavy atom. The van der Waals surface area contributed by atoms with Crippen LogP contribution in [0.15, 0.2) is 48.5 Å². The predicted molar refractivity (Wildman–Crippen MR) is 87.6 cm³/mol. The third-order valence-corrected chi connectivity index (χ3v) is 5.50. The summed E-state index contributed by atoms with van der Waals surface area (Å²) >= 11 is -1.10. The van der Waals surface area contributed by atoms with Gasteiger partial charge in [-0.2, -0.15) is 0 Å². The van der Waals surface area contributed by atoms with E-state index < -0.39 is 27.0 Å². The summed E-state index contributed by atoms with van der Waals surface area (Å²) in [7, 11) is 1.38. The fraction of sp³-hybridized carbons (Fsp3) is 0.263. The number of ether oxygens (including phenoxy) is 1. The Balaban J connectivity index is 2.11. The van der Waals surface area contributed by atoms with Crippen LogP contribution >= 0.6 is 0 Å². The first-order chi connectivity index (χ1) is 11.4. The molecule has 0 radical (unpaired) electrons. The number of rotatable bonds is 6. The van der Waals surface area contributed by atoms with Crippen molar-refractivity contribution in [3.8, 4) is 5.75 Å². The first-order valence-electron chi connectivity index (χ1n) is 7.47. The molecule has 5 heteroatoms. The monoisotopic (exact) mass is 439 g/mol. The molecular weight excluding hydrogens is 419 g/mol. The SMILES string of the molecule is COC(=O)C(C)(C)c1ccc(O[I-]C(=O)c2ccccc2)c(C)c1. The van der Waals surface area contributed by atoms with Crippen LogP contribution < -0.4 is 24.7 Å². The van der Waals surface area contributed by atoms with E-state index in [0.29, 0.717) is 11.3 Å². The molecule has 0 saturated carbocycles. The van der Waals surface area contributed by atoms with Gasteiger partial charge in [0.25, 0.3) is 0 Å². The van der Waals surface area contributed by atoms with Crippen molar-refractivity contribution < 1.29 is 39.0 Å². The molecule has 0 saturated heterocycles. The summed E-state index contributed by atoms with van der Waals surface area (Å²) < 4.78 is 10.6. The predicted octanol–water partition coefficient (Wildman–Crippen LogP) is 0.669. The molecule has 0 spiro atoms. The number of benzene rings is 2. The van der Waals surface area contributed by atoms with E-state index in [2.05, 4.69) is 0 Å². The van der Waals surface area contributed by atoms with Gasteiger partial charge in [0.1, 0.15) is 0 Å². The van der Waals surface area contributed by atoms with Gasteiger partial charge in [-0.25, -0.2) is 0 Å². The van der Waals surface area contributed by atoms with Gasteiger partial charge in [-0.15, -0.1) is 0 Å². The van der Waals surface area contributed by atoms with Crippen LogP contribution in [0, 0.1) is 6.92 Å². The second kappa shape index (κ2) is 7.79. The molecule has 2 rings (SSSR count). The van der Waals surface area contributed by atoms with E-state index in [0.717, 1.165) is 11.1 Å². The molecule has 0 heterocycles. The molecule has 0 amide bonds. The molecule has 128 valence electrons. The Morgan fingerprint density at radius 2 is 1.71 bits per heavy atom. The molecule has 0 aliphatic heterocycles. The van der Waals surface area contributed by atoms with E-state index in [1.807, 2.05) is 57.2 Å². The molecule has 0 aliphatic rings. The van der Waals surface area contributed by atoms with Crippen LogP contribution in [0.3, 0.4) is 0 Å². The van der Waals surface area contributed by atoms with Crippen LogP contribution in [0.2, 0.25) is 0 Å². The van der Waals surface area contributed by atoms with Gasteiger partial charge >= 0.3 is 153 Å². The summed E-state index contributed by atoms with van der Waals surface area (Å²) in [5, 5.41) is 0. The second-order valence-electron chi connectivity index (χ2n) is 5.89. The number of esters is 1. The molecule has 0 unspecified atom stereocenters. The Kier molecular flexibility index (Phi) is 5.99. The molecule has 4 nitrogen and oxygen atoms in total.